The SMILES string of the molecule is CC(C)CN(CC(=O)N1CCc2sccc2[C@@H]1c1ccccc1)C(=O)[C@@H]1C[C@H]1c1ccccc1. The molecule has 0 N–H and O–H groups in total. The molecule has 1 aromatic heterocycles. The fraction of sp³-hybridized carbons (Fsp3) is 0.379. The summed E-state index contributed by atoms with van der Waals surface area (Å²) in [5.74, 6) is 0.736. The lowest BCUT2D eigenvalue weighted by Gasteiger charge is -2.38. The van der Waals surface area contributed by atoms with E-state index in [9.17, 15) is 9.59 Å². The second kappa shape index (κ2) is 9.75. The summed E-state index contributed by atoms with van der Waals surface area (Å²) >= 11 is 1.77. The molecule has 4 nitrogen and oxygen atoms in total. The summed E-state index contributed by atoms with van der Waals surface area (Å²) < 4.78 is 0. The smallest absolute Gasteiger partial charge is 0.242 e. The van der Waals surface area contributed by atoms with Crippen LogP contribution in [0.2, 0.25) is 0 Å². The van der Waals surface area contributed by atoms with Gasteiger partial charge in [-0.25, -0.2) is 0 Å². The van der Waals surface area contributed by atoms with Crippen LogP contribution in [0.1, 0.15) is 53.8 Å². The molecule has 5 heteroatoms. The second-order valence-electron chi connectivity index (χ2n) is 9.92. The van der Waals surface area contributed by atoms with E-state index < -0.39 is 0 Å². The van der Waals surface area contributed by atoms with Crippen molar-refractivity contribution < 1.29 is 9.59 Å². The number of carbonyl (C=O) groups is 2. The summed E-state index contributed by atoms with van der Waals surface area (Å²) in [7, 11) is 0. The van der Waals surface area contributed by atoms with Crippen molar-refractivity contribution in [2.75, 3.05) is 19.6 Å². The molecule has 34 heavy (non-hydrogen) atoms. The number of nitrogens with zero attached hydrogens (tertiary/aromatic N) is 2. The minimum absolute atomic E-state index is 0.0105. The average Bonchev–Trinajstić information content (AvgIpc) is 3.51. The highest BCUT2D eigenvalue weighted by Crippen LogP contribution is 2.48. The second-order valence-corrected chi connectivity index (χ2v) is 10.9. The lowest BCUT2D eigenvalue weighted by Crippen LogP contribution is -2.48. The Bertz CT molecular complexity index is 1140. The highest BCUT2D eigenvalue weighted by molar-refractivity contribution is 7.10. The van der Waals surface area contributed by atoms with Gasteiger partial charge in [0.25, 0.3) is 0 Å². The van der Waals surface area contributed by atoms with Crippen LogP contribution in [-0.2, 0) is 16.0 Å². The fourth-order valence-corrected chi connectivity index (χ4v) is 6.18. The highest BCUT2D eigenvalue weighted by atomic mass is 32.1. The monoisotopic (exact) mass is 472 g/mol. The molecule has 3 aromatic rings. The summed E-state index contributed by atoms with van der Waals surface area (Å²) in [6, 6.07) is 22.6. The highest BCUT2D eigenvalue weighted by Gasteiger charge is 2.46. The number of benzene rings is 2. The molecule has 2 amide bonds. The Morgan fingerprint density at radius 3 is 2.35 bits per heavy atom. The van der Waals surface area contributed by atoms with E-state index in [0.29, 0.717) is 19.0 Å². The summed E-state index contributed by atoms with van der Waals surface area (Å²) in [5.41, 5.74) is 3.58. The van der Waals surface area contributed by atoms with Crippen LogP contribution in [0.25, 0.3) is 0 Å². The first kappa shape index (κ1) is 22.9. The van der Waals surface area contributed by atoms with Crippen molar-refractivity contribution in [1.82, 2.24) is 9.80 Å². The van der Waals surface area contributed by atoms with Gasteiger partial charge in [0.2, 0.25) is 11.8 Å². The number of rotatable bonds is 7. The summed E-state index contributed by atoms with van der Waals surface area (Å²) in [6.07, 6.45) is 1.75. The first-order valence-electron chi connectivity index (χ1n) is 12.3. The Balaban J connectivity index is 1.35. The maximum absolute atomic E-state index is 13.7. The molecule has 5 rings (SSSR count). The topological polar surface area (TPSA) is 40.6 Å². The third-order valence-electron chi connectivity index (χ3n) is 6.96. The lowest BCUT2D eigenvalue weighted by atomic mass is 9.93. The van der Waals surface area contributed by atoms with Gasteiger partial charge >= 0.3 is 0 Å². The van der Waals surface area contributed by atoms with Crippen LogP contribution in [0.15, 0.2) is 72.1 Å². The third kappa shape index (κ3) is 4.67. The Labute approximate surface area is 206 Å². The van der Waals surface area contributed by atoms with Gasteiger partial charge in [0.15, 0.2) is 0 Å². The largest absolute Gasteiger partial charge is 0.333 e. The van der Waals surface area contributed by atoms with Gasteiger partial charge in [-0.15, -0.1) is 11.3 Å². The molecule has 0 saturated heterocycles. The molecule has 0 unspecified atom stereocenters. The van der Waals surface area contributed by atoms with Crippen molar-refractivity contribution in [1.29, 1.82) is 0 Å². The Morgan fingerprint density at radius 2 is 1.68 bits per heavy atom. The molecule has 0 radical (unpaired) electrons. The quantitative estimate of drug-likeness (QED) is 0.455. The minimum atomic E-state index is -0.0855. The molecule has 1 aliphatic heterocycles. The predicted octanol–water partition coefficient (Wildman–Crippen LogP) is 5.51. The Morgan fingerprint density at radius 1 is 1.00 bits per heavy atom. The van der Waals surface area contributed by atoms with E-state index in [1.54, 1.807) is 11.3 Å². The van der Waals surface area contributed by atoms with Crippen LogP contribution in [0.4, 0.5) is 0 Å². The zero-order valence-corrected chi connectivity index (χ0v) is 20.7. The van der Waals surface area contributed by atoms with Crippen LogP contribution in [0.5, 0.6) is 0 Å². The van der Waals surface area contributed by atoms with Crippen molar-refractivity contribution in [2.24, 2.45) is 11.8 Å². The van der Waals surface area contributed by atoms with Crippen LogP contribution in [-0.4, -0.2) is 41.2 Å². The molecule has 1 fully saturated rings. The van der Waals surface area contributed by atoms with Crippen LogP contribution < -0.4 is 0 Å². The van der Waals surface area contributed by atoms with Crippen molar-refractivity contribution in [3.63, 3.8) is 0 Å². The van der Waals surface area contributed by atoms with E-state index in [1.807, 2.05) is 46.2 Å². The van der Waals surface area contributed by atoms with Gasteiger partial charge < -0.3 is 9.80 Å². The summed E-state index contributed by atoms with van der Waals surface area (Å²) in [6.45, 7) is 5.66. The van der Waals surface area contributed by atoms with E-state index in [1.165, 1.54) is 16.0 Å². The van der Waals surface area contributed by atoms with Crippen molar-refractivity contribution in [3.8, 4) is 0 Å². The van der Waals surface area contributed by atoms with E-state index in [2.05, 4.69) is 49.6 Å². The van der Waals surface area contributed by atoms with Gasteiger partial charge in [0.1, 0.15) is 0 Å². The number of fused-ring (bicyclic) bond motifs is 1. The van der Waals surface area contributed by atoms with Gasteiger partial charge in [-0.3, -0.25) is 9.59 Å². The maximum Gasteiger partial charge on any atom is 0.242 e. The van der Waals surface area contributed by atoms with Gasteiger partial charge in [0, 0.05) is 23.9 Å². The minimum Gasteiger partial charge on any atom is -0.333 e. The standard InChI is InChI=1S/C29H32N2O2S/c1-20(2)18-30(29(33)25-17-24(25)21-9-5-3-6-10-21)19-27(32)31-15-13-26-23(14-16-34-26)28(31)22-11-7-4-8-12-22/h3-12,14,16,20,24-25,28H,13,15,17-19H2,1-2H3/t24-,25+,28-/m0/s1. The van der Waals surface area contributed by atoms with Gasteiger partial charge in [-0.05, 0) is 52.8 Å². The first-order valence-corrected chi connectivity index (χ1v) is 13.1. The van der Waals surface area contributed by atoms with E-state index >= 15 is 0 Å². The molecule has 0 bridgehead atoms. The van der Waals surface area contributed by atoms with Gasteiger partial charge in [0.05, 0.1) is 12.6 Å². The fourth-order valence-electron chi connectivity index (χ4n) is 5.28. The zero-order chi connectivity index (χ0) is 23.7. The molecule has 2 aliphatic rings. The molecule has 0 spiro atoms. The molecular formula is C29H32N2O2S. The molecule has 2 heterocycles. The van der Waals surface area contributed by atoms with Crippen molar-refractivity contribution in [3.05, 3.63) is 93.7 Å². The molecule has 176 valence electrons. The Hall–Kier alpha value is -2.92. The van der Waals surface area contributed by atoms with E-state index in [0.717, 1.165) is 18.4 Å². The number of carbonyl (C=O) groups excluding carboxylic acids is 2. The normalized spacial score (nSPS) is 21.3. The van der Waals surface area contributed by atoms with Crippen LogP contribution in [0, 0.1) is 11.8 Å². The van der Waals surface area contributed by atoms with Crippen LogP contribution >= 0.6 is 11.3 Å². The summed E-state index contributed by atoms with van der Waals surface area (Å²) in [5, 5.41) is 2.12. The number of thiophene rings is 1. The predicted molar refractivity (Wildman–Crippen MR) is 137 cm³/mol. The van der Waals surface area contributed by atoms with Crippen LogP contribution in [0.3, 0.4) is 0 Å². The average molecular weight is 473 g/mol. The molecular weight excluding hydrogens is 440 g/mol. The maximum atomic E-state index is 13.7. The molecule has 3 atom stereocenters. The van der Waals surface area contributed by atoms with Crippen molar-refractivity contribution in [2.45, 2.75) is 38.6 Å². The summed E-state index contributed by atoms with van der Waals surface area (Å²) in [4.78, 5) is 32.4. The molecule has 2 aromatic carbocycles. The number of amides is 2. The molecule has 1 aliphatic carbocycles. The number of hydrogen-bond acceptors (Lipinski definition) is 3. The van der Waals surface area contributed by atoms with Crippen molar-refractivity contribution >= 4 is 23.2 Å². The number of hydrogen-bond donors (Lipinski definition) is 0. The Kier molecular flexibility index (Phi) is 6.55. The third-order valence-corrected chi connectivity index (χ3v) is 7.96. The van der Waals surface area contributed by atoms with E-state index in [-0.39, 0.29) is 36.2 Å². The van der Waals surface area contributed by atoms with Gasteiger partial charge in [-0.1, -0.05) is 74.5 Å². The van der Waals surface area contributed by atoms with E-state index in [4.69, 9.17) is 0 Å². The molecule has 1 saturated carbocycles. The first-order chi connectivity index (χ1) is 16.5. The zero-order valence-electron chi connectivity index (χ0n) is 19.9. The lowest BCUT2D eigenvalue weighted by molar-refractivity contribution is -0.142. The van der Waals surface area contributed by atoms with Gasteiger partial charge in [-0.2, -0.15) is 0 Å².